The third-order valence-electron chi connectivity index (χ3n) is 3.39. The fraction of sp³-hybridized carbons (Fsp3) is 0.538. The number of nitrogens with zero attached hydrogens (tertiary/aromatic N) is 1. The molecule has 0 aromatic heterocycles. The van der Waals surface area contributed by atoms with Gasteiger partial charge in [-0.15, -0.1) is 0 Å². The molecule has 1 saturated heterocycles. The van der Waals surface area contributed by atoms with Crippen LogP contribution in [0.3, 0.4) is 0 Å². The molecule has 6 heteroatoms. The Hall–Kier alpha value is -1.14. The Morgan fingerprint density at radius 3 is 2.21 bits per heavy atom. The standard InChI is InChI=1S/C13H19FN2O2S/c14-12-10-11(15)6-7-13(12)19(17,18)16-8-4-2-1-3-5-9-16/h6-7,10H,1-5,8-9,15H2. The third-order valence-corrected chi connectivity index (χ3v) is 5.32. The van der Waals surface area contributed by atoms with Gasteiger partial charge in [0.25, 0.3) is 0 Å². The normalized spacial score (nSPS) is 18.8. The minimum atomic E-state index is -3.75. The van der Waals surface area contributed by atoms with Crippen LogP contribution in [-0.2, 0) is 10.0 Å². The fourth-order valence-corrected chi connectivity index (χ4v) is 3.89. The van der Waals surface area contributed by atoms with Crippen molar-refractivity contribution in [2.75, 3.05) is 18.8 Å². The number of hydrogen-bond donors (Lipinski definition) is 1. The van der Waals surface area contributed by atoms with Gasteiger partial charge in [0.05, 0.1) is 0 Å². The molecule has 0 unspecified atom stereocenters. The van der Waals surface area contributed by atoms with Crippen molar-refractivity contribution in [2.45, 2.75) is 37.0 Å². The Labute approximate surface area is 113 Å². The Balaban J connectivity index is 2.29. The monoisotopic (exact) mass is 286 g/mol. The number of nitrogens with two attached hydrogens (primary N) is 1. The zero-order chi connectivity index (χ0) is 13.9. The Morgan fingerprint density at radius 2 is 1.63 bits per heavy atom. The molecule has 2 N–H and O–H groups in total. The van der Waals surface area contributed by atoms with Crippen molar-refractivity contribution >= 4 is 15.7 Å². The molecule has 1 aromatic carbocycles. The van der Waals surface area contributed by atoms with Crippen molar-refractivity contribution in [2.24, 2.45) is 0 Å². The average Bonchev–Trinajstić information content (AvgIpc) is 2.26. The van der Waals surface area contributed by atoms with Crippen LogP contribution in [-0.4, -0.2) is 25.8 Å². The van der Waals surface area contributed by atoms with Gasteiger partial charge >= 0.3 is 0 Å². The zero-order valence-electron chi connectivity index (χ0n) is 10.8. The van der Waals surface area contributed by atoms with E-state index >= 15 is 0 Å². The van der Waals surface area contributed by atoms with Crippen molar-refractivity contribution in [3.63, 3.8) is 0 Å². The maximum Gasteiger partial charge on any atom is 0.245 e. The Morgan fingerprint density at radius 1 is 1.05 bits per heavy atom. The molecule has 2 rings (SSSR count). The molecule has 0 atom stereocenters. The van der Waals surface area contributed by atoms with E-state index in [9.17, 15) is 12.8 Å². The summed E-state index contributed by atoms with van der Waals surface area (Å²) >= 11 is 0. The van der Waals surface area contributed by atoms with E-state index < -0.39 is 15.8 Å². The van der Waals surface area contributed by atoms with Gasteiger partial charge in [-0.1, -0.05) is 19.3 Å². The first-order valence-electron chi connectivity index (χ1n) is 6.57. The molecular weight excluding hydrogens is 267 g/mol. The van der Waals surface area contributed by atoms with Crippen molar-refractivity contribution < 1.29 is 12.8 Å². The molecule has 0 saturated carbocycles. The number of halogens is 1. The van der Waals surface area contributed by atoms with Crippen LogP contribution in [0.25, 0.3) is 0 Å². The molecule has 1 aliphatic rings. The zero-order valence-corrected chi connectivity index (χ0v) is 11.6. The van der Waals surface area contributed by atoms with Gasteiger partial charge in [0.15, 0.2) is 0 Å². The van der Waals surface area contributed by atoms with Crippen molar-refractivity contribution in [3.8, 4) is 0 Å². The van der Waals surface area contributed by atoms with Crippen LogP contribution in [0.15, 0.2) is 23.1 Å². The van der Waals surface area contributed by atoms with E-state index in [1.54, 1.807) is 0 Å². The first kappa shape index (κ1) is 14.3. The van der Waals surface area contributed by atoms with Gasteiger partial charge in [-0.2, -0.15) is 4.31 Å². The predicted molar refractivity (Wildman–Crippen MR) is 72.7 cm³/mol. The highest BCUT2D eigenvalue weighted by Crippen LogP contribution is 2.23. The molecule has 19 heavy (non-hydrogen) atoms. The van der Waals surface area contributed by atoms with Crippen molar-refractivity contribution in [1.29, 1.82) is 0 Å². The molecule has 0 amide bonds. The van der Waals surface area contributed by atoms with Crippen LogP contribution in [0.2, 0.25) is 0 Å². The number of benzene rings is 1. The molecule has 0 radical (unpaired) electrons. The van der Waals surface area contributed by atoms with Crippen molar-refractivity contribution in [3.05, 3.63) is 24.0 Å². The summed E-state index contributed by atoms with van der Waals surface area (Å²) in [5, 5.41) is 0. The first-order valence-corrected chi connectivity index (χ1v) is 8.01. The van der Waals surface area contributed by atoms with E-state index in [0.717, 1.165) is 38.2 Å². The fourth-order valence-electron chi connectivity index (χ4n) is 2.32. The summed E-state index contributed by atoms with van der Waals surface area (Å²) < 4.78 is 40.0. The minimum absolute atomic E-state index is 0.226. The highest BCUT2D eigenvalue weighted by atomic mass is 32.2. The molecule has 1 aliphatic heterocycles. The molecule has 0 aliphatic carbocycles. The summed E-state index contributed by atoms with van der Waals surface area (Å²) in [6.07, 6.45) is 4.85. The number of sulfonamides is 1. The van der Waals surface area contributed by atoms with Gasteiger partial charge in [-0.3, -0.25) is 0 Å². The number of rotatable bonds is 2. The second-order valence-corrected chi connectivity index (χ2v) is 6.77. The number of nitrogen functional groups attached to an aromatic ring is 1. The highest BCUT2D eigenvalue weighted by Gasteiger charge is 2.27. The van der Waals surface area contributed by atoms with Crippen LogP contribution in [0, 0.1) is 5.82 Å². The van der Waals surface area contributed by atoms with Gasteiger partial charge in [-0.05, 0) is 31.0 Å². The van der Waals surface area contributed by atoms with Crippen LogP contribution in [0.5, 0.6) is 0 Å². The average molecular weight is 286 g/mol. The summed E-state index contributed by atoms with van der Waals surface area (Å²) in [5.41, 5.74) is 5.67. The van der Waals surface area contributed by atoms with Gasteiger partial charge in [0, 0.05) is 18.8 Å². The second kappa shape index (κ2) is 5.88. The second-order valence-electron chi connectivity index (χ2n) is 4.86. The van der Waals surface area contributed by atoms with E-state index in [0.29, 0.717) is 13.1 Å². The van der Waals surface area contributed by atoms with Crippen molar-refractivity contribution in [1.82, 2.24) is 4.31 Å². The summed E-state index contributed by atoms with van der Waals surface area (Å²) in [6.45, 7) is 0.929. The smallest absolute Gasteiger partial charge is 0.245 e. The van der Waals surface area contributed by atoms with Gasteiger partial charge in [-0.25, -0.2) is 12.8 Å². The summed E-state index contributed by atoms with van der Waals surface area (Å²) in [5.74, 6) is -0.776. The lowest BCUT2D eigenvalue weighted by molar-refractivity contribution is 0.362. The molecule has 1 heterocycles. The molecule has 1 fully saturated rings. The lowest BCUT2D eigenvalue weighted by atomic mass is 10.1. The molecular formula is C13H19FN2O2S. The minimum Gasteiger partial charge on any atom is -0.399 e. The molecule has 4 nitrogen and oxygen atoms in total. The third kappa shape index (κ3) is 3.25. The maximum absolute atomic E-state index is 13.8. The van der Waals surface area contributed by atoms with Gasteiger partial charge in [0.1, 0.15) is 10.7 Å². The summed E-state index contributed by atoms with van der Waals surface area (Å²) in [4.78, 5) is -0.276. The first-order chi connectivity index (χ1) is 9.01. The quantitative estimate of drug-likeness (QED) is 0.849. The largest absolute Gasteiger partial charge is 0.399 e. The van der Waals surface area contributed by atoms with Crippen LogP contribution in [0.1, 0.15) is 32.1 Å². The van der Waals surface area contributed by atoms with Gasteiger partial charge < -0.3 is 5.73 Å². The maximum atomic E-state index is 13.8. The Bertz CT molecular complexity index is 538. The van der Waals surface area contributed by atoms with E-state index in [2.05, 4.69) is 0 Å². The number of anilines is 1. The number of hydrogen-bond acceptors (Lipinski definition) is 3. The lowest BCUT2D eigenvalue weighted by Gasteiger charge is -2.24. The summed E-state index contributed by atoms with van der Waals surface area (Å²) in [7, 11) is -3.75. The molecule has 1 aromatic rings. The van der Waals surface area contributed by atoms with Crippen LogP contribution >= 0.6 is 0 Å². The van der Waals surface area contributed by atoms with Gasteiger partial charge in [0.2, 0.25) is 10.0 Å². The predicted octanol–water partition coefficient (Wildman–Crippen LogP) is 2.36. The topological polar surface area (TPSA) is 63.4 Å². The van der Waals surface area contributed by atoms with E-state index in [1.165, 1.54) is 16.4 Å². The summed E-state index contributed by atoms with van der Waals surface area (Å²) in [6, 6.07) is 3.72. The van der Waals surface area contributed by atoms with Crippen LogP contribution in [0.4, 0.5) is 10.1 Å². The van der Waals surface area contributed by atoms with E-state index in [4.69, 9.17) is 5.73 Å². The molecule has 0 bridgehead atoms. The molecule has 106 valence electrons. The highest BCUT2D eigenvalue weighted by molar-refractivity contribution is 7.89. The Kier molecular flexibility index (Phi) is 4.42. The van der Waals surface area contributed by atoms with E-state index in [1.807, 2.05) is 0 Å². The molecule has 0 spiro atoms. The lowest BCUT2D eigenvalue weighted by Crippen LogP contribution is -2.34. The SMILES string of the molecule is Nc1ccc(S(=O)(=O)N2CCCCCCC2)c(F)c1. The van der Waals surface area contributed by atoms with E-state index in [-0.39, 0.29) is 10.6 Å². The van der Waals surface area contributed by atoms with Crippen LogP contribution < -0.4 is 5.73 Å².